The Morgan fingerprint density at radius 2 is 1.47 bits per heavy atom. The van der Waals surface area contributed by atoms with E-state index in [-0.39, 0.29) is 4.75 Å². The molecule has 0 amide bonds. The van der Waals surface area contributed by atoms with Crippen LogP contribution in [0.5, 0.6) is 0 Å². The number of thiol groups is 4. The fraction of sp³-hybridized carbons (Fsp3) is 1.00. The van der Waals surface area contributed by atoms with Crippen LogP contribution in [-0.4, -0.2) is 63.4 Å². The molecule has 0 aromatic rings. The van der Waals surface area contributed by atoms with Crippen molar-refractivity contribution >= 4 is 92.2 Å². The molecule has 0 spiro atoms. The molecule has 0 N–H and O–H groups in total. The first-order chi connectivity index (χ1) is 8.18. The van der Waals surface area contributed by atoms with Crippen LogP contribution in [-0.2, 0) is 0 Å². The van der Waals surface area contributed by atoms with Crippen molar-refractivity contribution in [2.24, 2.45) is 0 Å². The van der Waals surface area contributed by atoms with Gasteiger partial charge in [-0.25, -0.2) is 0 Å². The van der Waals surface area contributed by atoms with Gasteiger partial charge in [-0.05, 0) is 0 Å². The quantitative estimate of drug-likeness (QED) is 0.197. The molecule has 104 valence electrons. The summed E-state index contributed by atoms with van der Waals surface area (Å²) in [6, 6.07) is 0. The van der Waals surface area contributed by atoms with Gasteiger partial charge in [0.2, 0.25) is 0 Å². The second-order valence-electron chi connectivity index (χ2n) is 3.54. The van der Waals surface area contributed by atoms with Gasteiger partial charge in [-0.2, -0.15) is 0 Å². The van der Waals surface area contributed by atoms with Crippen molar-refractivity contribution in [1.29, 1.82) is 0 Å². The molecule has 0 fully saturated rings. The second kappa shape index (κ2) is 13.8. The van der Waals surface area contributed by atoms with Gasteiger partial charge in [-0.15, -0.1) is 0 Å². The standard InChI is InChI=1S/C10H22S5Se2/c11-1-4-16-5-2-15-3-6-17-9-10(14,7-12)8-13/h11-14H,1-9H2. The monoisotopic (exact) mass is 462 g/mol. The van der Waals surface area contributed by atoms with E-state index in [2.05, 4.69) is 62.3 Å². The molecule has 0 saturated carbocycles. The number of thioether (sulfide) groups is 1. The number of hydrogen-bond acceptors (Lipinski definition) is 5. The molecule has 0 aliphatic heterocycles. The van der Waals surface area contributed by atoms with Gasteiger partial charge in [0.05, 0.1) is 0 Å². The van der Waals surface area contributed by atoms with Gasteiger partial charge in [-0.1, -0.05) is 0 Å². The topological polar surface area (TPSA) is 0 Å². The van der Waals surface area contributed by atoms with Gasteiger partial charge in [0.25, 0.3) is 0 Å². The molecular weight excluding hydrogens is 438 g/mol. The van der Waals surface area contributed by atoms with E-state index in [1.807, 2.05) is 0 Å². The van der Waals surface area contributed by atoms with Crippen LogP contribution in [0, 0.1) is 0 Å². The fourth-order valence-corrected chi connectivity index (χ4v) is 9.23. The van der Waals surface area contributed by atoms with Crippen molar-refractivity contribution in [1.82, 2.24) is 0 Å². The van der Waals surface area contributed by atoms with Crippen molar-refractivity contribution in [3.63, 3.8) is 0 Å². The molecule has 0 atom stereocenters. The molecule has 0 aliphatic rings. The summed E-state index contributed by atoms with van der Waals surface area (Å²) in [6.45, 7) is 0. The van der Waals surface area contributed by atoms with Crippen LogP contribution in [0.2, 0.25) is 21.3 Å². The van der Waals surface area contributed by atoms with E-state index in [1.54, 1.807) is 0 Å². The molecule has 0 aromatic carbocycles. The second-order valence-corrected chi connectivity index (χ2v) is 11.7. The Labute approximate surface area is 145 Å². The summed E-state index contributed by atoms with van der Waals surface area (Å²) in [5, 5.41) is 5.29. The molecule has 0 rings (SSSR count). The SMILES string of the molecule is SCC[Se]CCSCC[Se]CC(S)(CS)CS. The number of rotatable bonds is 12. The Kier molecular flexibility index (Phi) is 16.0. The normalized spacial score (nSPS) is 12.0. The van der Waals surface area contributed by atoms with E-state index in [0.29, 0.717) is 15.0 Å². The van der Waals surface area contributed by atoms with Crippen LogP contribution in [0.15, 0.2) is 0 Å². The summed E-state index contributed by atoms with van der Waals surface area (Å²) in [5.41, 5.74) is 0. The van der Waals surface area contributed by atoms with Crippen LogP contribution in [0.25, 0.3) is 0 Å². The van der Waals surface area contributed by atoms with Crippen molar-refractivity contribution < 1.29 is 0 Å². The Morgan fingerprint density at radius 3 is 2.00 bits per heavy atom. The van der Waals surface area contributed by atoms with E-state index in [4.69, 9.17) is 0 Å². The minimum atomic E-state index is 0.0621. The van der Waals surface area contributed by atoms with Crippen LogP contribution in [0.1, 0.15) is 0 Å². The first-order valence-electron chi connectivity index (χ1n) is 5.47. The van der Waals surface area contributed by atoms with E-state index in [9.17, 15) is 0 Å². The fourth-order valence-electron chi connectivity index (χ4n) is 0.908. The molecule has 0 heterocycles. The van der Waals surface area contributed by atoms with Gasteiger partial charge >= 0.3 is 147 Å². The van der Waals surface area contributed by atoms with Crippen molar-refractivity contribution in [3.05, 3.63) is 0 Å². The summed E-state index contributed by atoms with van der Waals surface area (Å²) < 4.78 is 0.0621. The third-order valence-corrected chi connectivity index (χ3v) is 12.3. The van der Waals surface area contributed by atoms with Crippen LogP contribution >= 0.6 is 62.3 Å². The zero-order valence-corrected chi connectivity index (χ0v) is 17.7. The van der Waals surface area contributed by atoms with Crippen molar-refractivity contribution in [3.8, 4) is 0 Å². The summed E-state index contributed by atoms with van der Waals surface area (Å²) in [6.07, 6.45) is 0. The Bertz CT molecular complexity index is 167. The van der Waals surface area contributed by atoms with Gasteiger partial charge in [0, 0.05) is 0 Å². The van der Waals surface area contributed by atoms with E-state index >= 15 is 0 Å². The molecule has 0 bridgehead atoms. The Balaban J connectivity index is 3.23. The third kappa shape index (κ3) is 12.3. The van der Waals surface area contributed by atoms with Crippen LogP contribution in [0.4, 0.5) is 0 Å². The van der Waals surface area contributed by atoms with E-state index < -0.39 is 0 Å². The molecule has 0 aromatic heterocycles. The average molecular weight is 461 g/mol. The summed E-state index contributed by atoms with van der Waals surface area (Å²) in [7, 11) is 0. The predicted molar refractivity (Wildman–Crippen MR) is 101 cm³/mol. The maximum atomic E-state index is 4.65. The summed E-state index contributed by atoms with van der Waals surface area (Å²) in [4.78, 5) is 0. The maximum absolute atomic E-state index is 4.65. The average Bonchev–Trinajstić information content (AvgIpc) is 2.36. The Morgan fingerprint density at radius 1 is 0.882 bits per heavy atom. The first-order valence-corrected chi connectivity index (χ1v) is 13.8. The van der Waals surface area contributed by atoms with E-state index in [0.717, 1.165) is 32.2 Å². The molecule has 0 aliphatic carbocycles. The molecule has 0 saturated heterocycles. The molecule has 17 heavy (non-hydrogen) atoms. The van der Waals surface area contributed by atoms with Gasteiger partial charge in [0.15, 0.2) is 0 Å². The molecule has 0 nitrogen and oxygen atoms in total. The van der Waals surface area contributed by atoms with Crippen LogP contribution < -0.4 is 0 Å². The molecule has 0 radical (unpaired) electrons. The van der Waals surface area contributed by atoms with E-state index in [1.165, 1.54) is 32.8 Å². The van der Waals surface area contributed by atoms with Crippen molar-refractivity contribution in [2.75, 3.05) is 28.8 Å². The molecular formula is C10H22S5Se2. The van der Waals surface area contributed by atoms with Crippen molar-refractivity contribution in [2.45, 2.75) is 26.0 Å². The zero-order chi connectivity index (χ0) is 13.0. The Hall–Kier alpha value is 2.79. The first kappa shape index (κ1) is 19.8. The van der Waals surface area contributed by atoms with Gasteiger partial charge < -0.3 is 0 Å². The summed E-state index contributed by atoms with van der Waals surface area (Å²) >= 11 is 21.2. The molecule has 7 heteroatoms. The summed E-state index contributed by atoms with van der Waals surface area (Å²) in [5.74, 6) is 5.39. The predicted octanol–water partition coefficient (Wildman–Crippen LogP) is 3.26. The van der Waals surface area contributed by atoms with Gasteiger partial charge in [0.1, 0.15) is 0 Å². The molecule has 0 unspecified atom stereocenters. The van der Waals surface area contributed by atoms with Crippen LogP contribution in [0.3, 0.4) is 0 Å². The number of hydrogen-bond donors (Lipinski definition) is 4. The minimum absolute atomic E-state index is 0.0621. The zero-order valence-electron chi connectivity index (χ0n) is 9.88. The van der Waals surface area contributed by atoms with Gasteiger partial charge in [-0.3, -0.25) is 0 Å². The third-order valence-electron chi connectivity index (χ3n) is 1.94.